The molecule has 1 aromatic carbocycles. The Morgan fingerprint density at radius 1 is 1.52 bits per heavy atom. The molecule has 21 heavy (non-hydrogen) atoms. The fraction of sp³-hybridized carbons (Fsp3) is 0.500. The summed E-state index contributed by atoms with van der Waals surface area (Å²) in [5.74, 6) is 0.879. The maximum atomic E-state index is 12.3. The molecule has 5 nitrogen and oxygen atoms in total. The number of amides is 1. The van der Waals surface area contributed by atoms with Gasteiger partial charge in [-0.15, -0.1) is 0 Å². The summed E-state index contributed by atoms with van der Waals surface area (Å²) in [5.41, 5.74) is 0.336. The highest BCUT2D eigenvalue weighted by Crippen LogP contribution is 2.30. The Kier molecular flexibility index (Phi) is 5.86. The third-order valence-corrected chi connectivity index (χ3v) is 5.70. The number of hydrogen-bond acceptors (Lipinski definition) is 4. The summed E-state index contributed by atoms with van der Waals surface area (Å²) < 4.78 is 0.730. The van der Waals surface area contributed by atoms with Crippen LogP contribution in [0.25, 0.3) is 0 Å². The van der Waals surface area contributed by atoms with E-state index in [9.17, 15) is 14.9 Å². The summed E-state index contributed by atoms with van der Waals surface area (Å²) in [6, 6.07) is 4.56. The van der Waals surface area contributed by atoms with Crippen molar-refractivity contribution in [3.8, 4) is 0 Å². The molecule has 0 aliphatic heterocycles. The van der Waals surface area contributed by atoms with Crippen molar-refractivity contribution in [3.63, 3.8) is 0 Å². The zero-order valence-corrected chi connectivity index (χ0v) is 14.6. The van der Waals surface area contributed by atoms with E-state index >= 15 is 0 Å². The van der Waals surface area contributed by atoms with Gasteiger partial charge in [-0.25, -0.2) is 0 Å². The molecular weight excluding hydrogens is 403 g/mol. The summed E-state index contributed by atoms with van der Waals surface area (Å²) in [4.78, 5) is 22.7. The van der Waals surface area contributed by atoms with Gasteiger partial charge in [0.25, 0.3) is 11.6 Å². The first kappa shape index (κ1) is 16.5. The summed E-state index contributed by atoms with van der Waals surface area (Å²) >= 11 is 3.97. The first-order valence-electron chi connectivity index (χ1n) is 6.87. The Bertz CT molecular complexity index is 553. The van der Waals surface area contributed by atoms with Crippen LogP contribution in [0.5, 0.6) is 0 Å². The number of nitro groups is 1. The summed E-state index contributed by atoms with van der Waals surface area (Å²) in [7, 11) is 0. The minimum absolute atomic E-state index is 0.0496. The first-order chi connectivity index (χ1) is 10.0. The van der Waals surface area contributed by atoms with Crippen LogP contribution in [0.1, 0.15) is 36.5 Å². The lowest BCUT2D eigenvalue weighted by Crippen LogP contribution is -2.33. The van der Waals surface area contributed by atoms with Crippen LogP contribution in [0.3, 0.4) is 0 Å². The minimum atomic E-state index is -0.476. The Balaban J connectivity index is 2.04. The molecule has 0 heterocycles. The molecular formula is C14H17IN2O3S. The fourth-order valence-electron chi connectivity index (χ4n) is 2.52. The van der Waals surface area contributed by atoms with E-state index in [4.69, 9.17) is 0 Å². The molecule has 1 aromatic rings. The van der Waals surface area contributed by atoms with Gasteiger partial charge in [0.2, 0.25) is 0 Å². The van der Waals surface area contributed by atoms with Crippen LogP contribution in [0.4, 0.5) is 5.69 Å². The van der Waals surface area contributed by atoms with Crippen molar-refractivity contribution in [2.45, 2.75) is 37.5 Å². The smallest absolute Gasteiger partial charge is 0.270 e. The van der Waals surface area contributed by atoms with Gasteiger partial charge in [0.1, 0.15) is 0 Å². The van der Waals surface area contributed by atoms with Gasteiger partial charge in [0.05, 0.1) is 10.5 Å². The topological polar surface area (TPSA) is 72.2 Å². The van der Waals surface area contributed by atoms with E-state index in [1.807, 2.05) is 34.4 Å². The van der Waals surface area contributed by atoms with Crippen LogP contribution in [0.2, 0.25) is 0 Å². The number of nitrogens with zero attached hydrogens (tertiary/aromatic N) is 1. The van der Waals surface area contributed by atoms with Gasteiger partial charge in [-0.05, 0) is 53.7 Å². The quantitative estimate of drug-likeness (QED) is 0.449. The zero-order valence-electron chi connectivity index (χ0n) is 11.7. The fourth-order valence-corrected chi connectivity index (χ4v) is 4.25. The van der Waals surface area contributed by atoms with Crippen LogP contribution < -0.4 is 5.32 Å². The number of rotatable bonds is 5. The number of benzene rings is 1. The zero-order chi connectivity index (χ0) is 15.4. The lowest BCUT2D eigenvalue weighted by molar-refractivity contribution is -0.384. The molecule has 0 aromatic heterocycles. The van der Waals surface area contributed by atoms with Gasteiger partial charge >= 0.3 is 0 Å². The Hall–Kier alpha value is -0.830. The van der Waals surface area contributed by atoms with Gasteiger partial charge < -0.3 is 5.32 Å². The van der Waals surface area contributed by atoms with Gasteiger partial charge in [0, 0.05) is 27.0 Å². The normalized spacial score (nSPS) is 21.2. The molecule has 0 radical (unpaired) electrons. The molecule has 2 atom stereocenters. The lowest BCUT2D eigenvalue weighted by atomic mass is 10.1. The Morgan fingerprint density at radius 2 is 2.29 bits per heavy atom. The number of halogens is 1. The standard InChI is InChI=1S/C14H17IN2O3S/c1-2-21-11-5-3-9(7-11)16-14(18)12-8-10(17(19)20)4-6-13(12)15/h4,6,8-9,11H,2-3,5,7H2,1H3,(H,16,18). The molecule has 1 amide bonds. The molecule has 2 unspecified atom stereocenters. The number of nitrogens with one attached hydrogen (secondary N) is 1. The molecule has 0 spiro atoms. The SMILES string of the molecule is CCSC1CCC(NC(=O)c2cc([N+](=O)[O-])ccc2I)C1. The summed E-state index contributed by atoms with van der Waals surface area (Å²) in [5, 5.41) is 14.4. The van der Waals surface area contributed by atoms with E-state index in [0.29, 0.717) is 10.8 Å². The van der Waals surface area contributed by atoms with E-state index < -0.39 is 4.92 Å². The first-order valence-corrected chi connectivity index (χ1v) is 9.00. The average Bonchev–Trinajstić information content (AvgIpc) is 2.86. The predicted octanol–water partition coefficient (Wildman–Crippen LogP) is 3.60. The van der Waals surface area contributed by atoms with Crippen LogP contribution in [-0.4, -0.2) is 27.9 Å². The molecule has 1 fully saturated rings. The van der Waals surface area contributed by atoms with Crippen molar-refractivity contribution in [2.75, 3.05) is 5.75 Å². The lowest BCUT2D eigenvalue weighted by Gasteiger charge is -2.14. The summed E-state index contributed by atoms with van der Waals surface area (Å²) in [6.45, 7) is 2.14. The highest BCUT2D eigenvalue weighted by atomic mass is 127. The number of thioether (sulfide) groups is 1. The molecule has 2 rings (SSSR count). The van der Waals surface area contributed by atoms with Crippen LogP contribution in [0, 0.1) is 13.7 Å². The van der Waals surface area contributed by atoms with Gasteiger partial charge in [-0.2, -0.15) is 11.8 Å². The highest BCUT2D eigenvalue weighted by Gasteiger charge is 2.27. The molecule has 1 saturated carbocycles. The molecule has 7 heteroatoms. The number of nitro benzene ring substituents is 1. The van der Waals surface area contributed by atoms with Crippen molar-refractivity contribution >= 4 is 45.9 Å². The van der Waals surface area contributed by atoms with Crippen molar-refractivity contribution in [1.29, 1.82) is 0 Å². The van der Waals surface area contributed by atoms with Crippen LogP contribution in [0.15, 0.2) is 18.2 Å². The maximum absolute atomic E-state index is 12.3. The highest BCUT2D eigenvalue weighted by molar-refractivity contribution is 14.1. The molecule has 1 N–H and O–H groups in total. The van der Waals surface area contributed by atoms with E-state index in [0.717, 1.165) is 28.6 Å². The second-order valence-electron chi connectivity index (χ2n) is 4.98. The number of carbonyl (C=O) groups is 1. The third-order valence-electron chi connectivity index (χ3n) is 3.53. The molecule has 114 valence electrons. The van der Waals surface area contributed by atoms with Crippen LogP contribution >= 0.6 is 34.4 Å². The van der Waals surface area contributed by atoms with Gasteiger partial charge in [0.15, 0.2) is 0 Å². The van der Waals surface area contributed by atoms with Crippen molar-refractivity contribution in [1.82, 2.24) is 5.32 Å². The number of hydrogen-bond donors (Lipinski definition) is 1. The van der Waals surface area contributed by atoms with Crippen LogP contribution in [-0.2, 0) is 0 Å². The Labute approximate surface area is 141 Å². The molecule has 1 aliphatic rings. The number of non-ortho nitro benzene ring substituents is 1. The Morgan fingerprint density at radius 3 is 2.95 bits per heavy atom. The van der Waals surface area contributed by atoms with Crippen molar-refractivity contribution in [3.05, 3.63) is 37.4 Å². The summed E-state index contributed by atoms with van der Waals surface area (Å²) in [6.07, 6.45) is 3.08. The second-order valence-corrected chi connectivity index (χ2v) is 7.72. The largest absolute Gasteiger partial charge is 0.349 e. The average molecular weight is 420 g/mol. The van der Waals surface area contributed by atoms with E-state index in [1.54, 1.807) is 6.07 Å². The molecule has 0 bridgehead atoms. The number of carbonyl (C=O) groups excluding carboxylic acids is 1. The van der Waals surface area contributed by atoms with Crippen molar-refractivity contribution < 1.29 is 9.72 Å². The molecule has 1 aliphatic carbocycles. The van der Waals surface area contributed by atoms with E-state index in [2.05, 4.69) is 12.2 Å². The minimum Gasteiger partial charge on any atom is -0.349 e. The van der Waals surface area contributed by atoms with Gasteiger partial charge in [-0.1, -0.05) is 6.92 Å². The monoisotopic (exact) mass is 420 g/mol. The van der Waals surface area contributed by atoms with Crippen molar-refractivity contribution in [2.24, 2.45) is 0 Å². The molecule has 0 saturated heterocycles. The second kappa shape index (κ2) is 7.44. The third kappa shape index (κ3) is 4.32. The van der Waals surface area contributed by atoms with Gasteiger partial charge in [-0.3, -0.25) is 14.9 Å². The van der Waals surface area contributed by atoms with E-state index in [1.165, 1.54) is 12.1 Å². The maximum Gasteiger partial charge on any atom is 0.270 e. The van der Waals surface area contributed by atoms with E-state index in [-0.39, 0.29) is 17.6 Å². The predicted molar refractivity (Wildman–Crippen MR) is 92.8 cm³/mol.